The van der Waals surface area contributed by atoms with E-state index in [1.807, 2.05) is 6.29 Å². The third kappa shape index (κ3) is 2.00. The predicted molar refractivity (Wildman–Crippen MR) is 62.0 cm³/mol. The van der Waals surface area contributed by atoms with Gasteiger partial charge in [0.05, 0.1) is 0 Å². The normalized spacial score (nSPS) is 10.0. The van der Waals surface area contributed by atoms with Crippen molar-refractivity contribution < 1.29 is 4.79 Å². The molecule has 1 radical (unpaired) electrons. The van der Waals surface area contributed by atoms with Crippen LogP contribution in [0.3, 0.4) is 0 Å². The minimum atomic E-state index is 0.483. The lowest BCUT2D eigenvalue weighted by Gasteiger charge is -2.04. The molecule has 63 valence electrons. The zero-order valence-electron chi connectivity index (χ0n) is 5.50. The number of rotatable bonds is 1. The van der Waals surface area contributed by atoms with Crippen LogP contribution in [0.1, 0.15) is 5.56 Å². The number of hydrogen-bond donors (Lipinski definition) is 0. The highest BCUT2D eigenvalue weighted by molar-refractivity contribution is 9.15. The molecule has 0 unspecified atom stereocenters. The van der Waals surface area contributed by atoms with Crippen molar-refractivity contribution >= 4 is 70.0 Å². The Morgan fingerprint density at radius 1 is 1.00 bits per heavy atom. The SMILES string of the molecule is O=[C]c1cc(Br)c(Br)c(Br)c1Br. The Morgan fingerprint density at radius 3 is 2.08 bits per heavy atom. The lowest BCUT2D eigenvalue weighted by molar-refractivity contribution is 0.562. The van der Waals surface area contributed by atoms with E-state index in [1.54, 1.807) is 6.07 Å². The standard InChI is InChI=1S/C7HBr4O/c8-4-1-3(2-12)5(9)7(11)6(4)10/h1H. The van der Waals surface area contributed by atoms with Crippen LogP contribution in [0.5, 0.6) is 0 Å². The van der Waals surface area contributed by atoms with Crippen LogP contribution in [0.15, 0.2) is 24.0 Å². The second kappa shape index (κ2) is 4.35. The van der Waals surface area contributed by atoms with Gasteiger partial charge in [0.1, 0.15) is 0 Å². The molecule has 1 aromatic carbocycles. The fourth-order valence-corrected chi connectivity index (χ4v) is 2.74. The van der Waals surface area contributed by atoms with Crippen molar-refractivity contribution in [1.82, 2.24) is 0 Å². The van der Waals surface area contributed by atoms with Crippen LogP contribution >= 0.6 is 63.7 Å². The maximum atomic E-state index is 10.4. The molecule has 1 aromatic rings. The Balaban J connectivity index is 3.49. The highest BCUT2D eigenvalue weighted by Gasteiger charge is 2.11. The van der Waals surface area contributed by atoms with E-state index < -0.39 is 0 Å². The molecule has 1 nitrogen and oxygen atoms in total. The molecule has 0 atom stereocenters. The van der Waals surface area contributed by atoms with Crippen molar-refractivity contribution in [2.75, 3.05) is 0 Å². The van der Waals surface area contributed by atoms with E-state index in [2.05, 4.69) is 63.7 Å². The average molecular weight is 421 g/mol. The second-order valence-electron chi connectivity index (χ2n) is 1.95. The van der Waals surface area contributed by atoms with Crippen molar-refractivity contribution in [2.45, 2.75) is 0 Å². The van der Waals surface area contributed by atoms with Gasteiger partial charge in [-0.05, 0) is 69.8 Å². The lowest BCUT2D eigenvalue weighted by atomic mass is 10.2. The van der Waals surface area contributed by atoms with Crippen LogP contribution in [0, 0.1) is 0 Å². The molecule has 5 heteroatoms. The van der Waals surface area contributed by atoms with Gasteiger partial charge in [0.15, 0.2) is 0 Å². The molecule has 0 aliphatic carbocycles. The molecule has 0 fully saturated rings. The Bertz CT molecular complexity index is 335. The minimum Gasteiger partial charge on any atom is -0.285 e. The fraction of sp³-hybridized carbons (Fsp3) is 0. The van der Waals surface area contributed by atoms with Gasteiger partial charge in [-0.2, -0.15) is 0 Å². The summed E-state index contributed by atoms with van der Waals surface area (Å²) in [4.78, 5) is 10.4. The first-order chi connectivity index (χ1) is 5.57. The van der Waals surface area contributed by atoms with Gasteiger partial charge < -0.3 is 0 Å². The molecule has 0 spiro atoms. The van der Waals surface area contributed by atoms with Crippen LogP contribution in [0.25, 0.3) is 0 Å². The van der Waals surface area contributed by atoms with Gasteiger partial charge in [0.2, 0.25) is 6.29 Å². The number of benzene rings is 1. The summed E-state index contributed by atoms with van der Waals surface area (Å²) in [5.41, 5.74) is 0.483. The predicted octanol–water partition coefficient (Wildman–Crippen LogP) is 4.19. The molecule has 0 amide bonds. The van der Waals surface area contributed by atoms with Crippen molar-refractivity contribution in [1.29, 1.82) is 0 Å². The molecule has 1 rings (SSSR count). The van der Waals surface area contributed by atoms with E-state index in [4.69, 9.17) is 0 Å². The van der Waals surface area contributed by atoms with E-state index in [-0.39, 0.29) is 0 Å². The monoisotopic (exact) mass is 417 g/mol. The topological polar surface area (TPSA) is 17.1 Å². The molecule has 12 heavy (non-hydrogen) atoms. The van der Waals surface area contributed by atoms with Gasteiger partial charge in [0.25, 0.3) is 0 Å². The van der Waals surface area contributed by atoms with Gasteiger partial charge in [-0.25, -0.2) is 0 Å². The molecule has 0 aromatic heterocycles. The quantitative estimate of drug-likeness (QED) is 0.492. The van der Waals surface area contributed by atoms with E-state index in [9.17, 15) is 4.79 Å². The zero-order valence-corrected chi connectivity index (χ0v) is 11.8. The van der Waals surface area contributed by atoms with Crippen LogP contribution in [0.2, 0.25) is 0 Å². The van der Waals surface area contributed by atoms with Crippen molar-refractivity contribution in [3.8, 4) is 0 Å². The summed E-state index contributed by atoms with van der Waals surface area (Å²) in [7, 11) is 0. The Labute approximate surface area is 103 Å². The van der Waals surface area contributed by atoms with E-state index in [1.165, 1.54) is 0 Å². The summed E-state index contributed by atoms with van der Waals surface area (Å²) in [6.45, 7) is 0. The van der Waals surface area contributed by atoms with Crippen molar-refractivity contribution in [3.05, 3.63) is 29.5 Å². The van der Waals surface area contributed by atoms with Crippen molar-refractivity contribution in [2.24, 2.45) is 0 Å². The molecule has 0 heterocycles. The summed E-state index contributed by atoms with van der Waals surface area (Å²) >= 11 is 13.2. The lowest BCUT2D eigenvalue weighted by Crippen LogP contribution is -1.86. The molecule has 0 saturated heterocycles. The third-order valence-corrected chi connectivity index (χ3v) is 5.87. The van der Waals surface area contributed by atoms with Gasteiger partial charge in [-0.15, -0.1) is 0 Å². The van der Waals surface area contributed by atoms with Crippen molar-refractivity contribution in [3.63, 3.8) is 0 Å². The first kappa shape index (κ1) is 10.9. The Morgan fingerprint density at radius 2 is 1.58 bits per heavy atom. The molecule has 0 aliphatic heterocycles. The van der Waals surface area contributed by atoms with Gasteiger partial charge in [0, 0.05) is 23.5 Å². The number of halogens is 4. The molecular formula is C7HBr4O. The molecule has 0 bridgehead atoms. The van der Waals surface area contributed by atoms with Crippen LogP contribution in [-0.2, 0) is 4.79 Å². The smallest absolute Gasteiger partial charge is 0.234 e. The van der Waals surface area contributed by atoms with E-state index >= 15 is 0 Å². The summed E-state index contributed by atoms with van der Waals surface area (Å²) in [6.07, 6.45) is 1.83. The van der Waals surface area contributed by atoms with Crippen LogP contribution < -0.4 is 0 Å². The van der Waals surface area contributed by atoms with Gasteiger partial charge in [-0.3, -0.25) is 4.79 Å². The van der Waals surface area contributed by atoms with Gasteiger partial charge in [-0.1, -0.05) is 0 Å². The molecule has 0 N–H and O–H groups in total. The maximum Gasteiger partial charge on any atom is 0.234 e. The summed E-state index contributed by atoms with van der Waals surface area (Å²) in [6, 6.07) is 1.69. The Hall–Kier alpha value is 0.810. The average Bonchev–Trinajstić information content (AvgIpc) is 2.08. The first-order valence-electron chi connectivity index (χ1n) is 2.79. The van der Waals surface area contributed by atoms with E-state index in [0.717, 1.165) is 13.4 Å². The summed E-state index contributed by atoms with van der Waals surface area (Å²) in [5.74, 6) is 0. The highest BCUT2D eigenvalue weighted by Crippen LogP contribution is 2.38. The number of hydrogen-bond acceptors (Lipinski definition) is 1. The highest BCUT2D eigenvalue weighted by atomic mass is 79.9. The summed E-state index contributed by atoms with van der Waals surface area (Å²) < 4.78 is 3.19. The zero-order chi connectivity index (χ0) is 9.30. The minimum absolute atomic E-state index is 0.483. The first-order valence-corrected chi connectivity index (χ1v) is 5.96. The number of carbonyl (C=O) groups excluding carboxylic acids is 1. The maximum absolute atomic E-state index is 10.4. The van der Waals surface area contributed by atoms with Crippen LogP contribution in [0.4, 0.5) is 0 Å². The Kier molecular flexibility index (Phi) is 3.95. The fourth-order valence-electron chi connectivity index (χ4n) is 0.647. The molecule has 0 saturated carbocycles. The largest absolute Gasteiger partial charge is 0.285 e. The molecule has 0 aliphatic rings. The third-order valence-electron chi connectivity index (χ3n) is 1.21. The van der Waals surface area contributed by atoms with E-state index in [0.29, 0.717) is 10.0 Å². The van der Waals surface area contributed by atoms with Gasteiger partial charge >= 0.3 is 0 Å². The summed E-state index contributed by atoms with van der Waals surface area (Å²) in [5, 5.41) is 0. The molecular weight excluding hydrogens is 420 g/mol. The van der Waals surface area contributed by atoms with Crippen LogP contribution in [-0.4, -0.2) is 6.29 Å². The second-order valence-corrected chi connectivity index (χ2v) is 5.18.